The molecule has 0 aromatic heterocycles. The first kappa shape index (κ1) is 23.1. The molecular formula is C28H22BrNO5. The molecule has 3 aromatic rings. The zero-order valence-electron chi connectivity index (χ0n) is 19.2. The van der Waals surface area contributed by atoms with E-state index in [1.54, 1.807) is 24.3 Å². The van der Waals surface area contributed by atoms with Gasteiger partial charge >= 0.3 is 11.9 Å². The minimum atomic E-state index is -1.68. The van der Waals surface area contributed by atoms with Crippen LogP contribution in [-0.4, -0.2) is 30.3 Å². The summed E-state index contributed by atoms with van der Waals surface area (Å²) in [5.41, 5.74) is 1.20. The van der Waals surface area contributed by atoms with Gasteiger partial charge in [-0.25, -0.2) is 4.79 Å². The van der Waals surface area contributed by atoms with E-state index in [0.717, 1.165) is 15.6 Å². The molecule has 0 aliphatic carbocycles. The zero-order valence-corrected chi connectivity index (χ0v) is 20.7. The van der Waals surface area contributed by atoms with Crippen molar-refractivity contribution in [3.63, 3.8) is 0 Å². The molecule has 7 heteroatoms. The largest absolute Gasteiger partial charge is 0.484 e. The number of carbonyl (C=O) groups is 3. The van der Waals surface area contributed by atoms with Crippen LogP contribution < -0.4 is 4.90 Å². The summed E-state index contributed by atoms with van der Waals surface area (Å²) in [4.78, 5) is 42.0. The number of carbonyl (C=O) groups excluding carboxylic acids is 3. The molecule has 3 aromatic carbocycles. The number of anilines is 1. The van der Waals surface area contributed by atoms with Crippen molar-refractivity contribution in [2.45, 2.75) is 25.0 Å². The van der Waals surface area contributed by atoms with Crippen LogP contribution in [0.3, 0.4) is 0 Å². The fourth-order valence-corrected chi connectivity index (χ4v) is 5.09. The number of rotatable bonds is 4. The number of aryl methyl sites for hydroxylation is 1. The number of nitrogens with zero attached hydrogens (tertiary/aromatic N) is 1. The first-order chi connectivity index (χ1) is 16.9. The molecule has 2 heterocycles. The third kappa shape index (κ3) is 3.67. The predicted molar refractivity (Wildman–Crippen MR) is 134 cm³/mol. The quantitative estimate of drug-likeness (QED) is 0.343. The predicted octanol–water partition coefficient (Wildman–Crippen LogP) is 5.16. The van der Waals surface area contributed by atoms with Crippen molar-refractivity contribution in [1.82, 2.24) is 0 Å². The molecule has 1 fully saturated rings. The van der Waals surface area contributed by atoms with Gasteiger partial charge in [-0.15, -0.1) is 0 Å². The Balaban J connectivity index is 1.81. The highest BCUT2D eigenvalue weighted by Crippen LogP contribution is 2.52. The molecular weight excluding hydrogens is 510 g/mol. The normalized spacial score (nSPS) is 21.6. The monoisotopic (exact) mass is 531 g/mol. The van der Waals surface area contributed by atoms with Crippen LogP contribution in [0.2, 0.25) is 0 Å². The van der Waals surface area contributed by atoms with E-state index in [1.807, 2.05) is 61.5 Å². The topological polar surface area (TPSA) is 72.9 Å². The number of esters is 1. The van der Waals surface area contributed by atoms with E-state index in [0.29, 0.717) is 11.3 Å². The summed E-state index contributed by atoms with van der Waals surface area (Å²) in [7, 11) is 1.26. The van der Waals surface area contributed by atoms with E-state index in [1.165, 1.54) is 12.0 Å². The fourth-order valence-electron chi connectivity index (χ4n) is 4.82. The third-order valence-electron chi connectivity index (χ3n) is 6.48. The molecule has 176 valence electrons. The second-order valence-corrected chi connectivity index (χ2v) is 9.51. The maximum absolute atomic E-state index is 13.7. The third-order valence-corrected chi connectivity index (χ3v) is 7.01. The first-order valence-corrected chi connectivity index (χ1v) is 11.9. The number of hydrogen-bond donors (Lipinski definition) is 0. The Hall–Kier alpha value is -3.71. The van der Waals surface area contributed by atoms with Gasteiger partial charge in [0, 0.05) is 22.1 Å². The van der Waals surface area contributed by atoms with Crippen molar-refractivity contribution in [3.8, 4) is 0 Å². The van der Waals surface area contributed by atoms with Crippen LogP contribution in [0, 0.1) is 6.92 Å². The average Bonchev–Trinajstić information content (AvgIpc) is 3.12. The summed E-state index contributed by atoms with van der Waals surface area (Å²) in [5.74, 6) is -2.05. The maximum Gasteiger partial charge on any atom is 0.337 e. The standard InChI is InChI=1S/C28H22BrNO5/c1-17-8-10-19(11-9-17)25-23-24(31)26(32)30(21-14-12-20(29)13-15-21)28(23,27(33)34-2)16-22(35-25)18-6-4-3-5-7-18/h3-15,22H,16H2,1-2H3/t22-,28+/m1/s1. The minimum Gasteiger partial charge on any atom is -0.484 e. The highest BCUT2D eigenvalue weighted by Gasteiger charge is 2.65. The van der Waals surface area contributed by atoms with Gasteiger partial charge in [-0.05, 0) is 36.8 Å². The Morgan fingerprint density at radius 3 is 2.29 bits per heavy atom. The van der Waals surface area contributed by atoms with Crippen LogP contribution in [0.5, 0.6) is 0 Å². The lowest BCUT2D eigenvalue weighted by molar-refractivity contribution is -0.147. The molecule has 5 rings (SSSR count). The number of ketones is 1. The van der Waals surface area contributed by atoms with Crippen molar-refractivity contribution in [1.29, 1.82) is 0 Å². The Morgan fingerprint density at radius 1 is 1.00 bits per heavy atom. The van der Waals surface area contributed by atoms with E-state index in [4.69, 9.17) is 9.47 Å². The fraction of sp³-hybridized carbons (Fsp3) is 0.179. The maximum atomic E-state index is 13.7. The van der Waals surface area contributed by atoms with Crippen LogP contribution in [0.4, 0.5) is 5.69 Å². The number of benzene rings is 3. The molecule has 0 saturated carbocycles. The summed E-state index contributed by atoms with van der Waals surface area (Å²) >= 11 is 3.40. The number of amides is 1. The number of ether oxygens (including phenoxy) is 2. The molecule has 1 amide bonds. The Morgan fingerprint density at radius 2 is 1.66 bits per heavy atom. The van der Waals surface area contributed by atoms with E-state index >= 15 is 0 Å². The van der Waals surface area contributed by atoms with Crippen LogP contribution >= 0.6 is 15.9 Å². The second-order valence-electron chi connectivity index (χ2n) is 8.59. The highest BCUT2D eigenvalue weighted by atomic mass is 79.9. The van der Waals surface area contributed by atoms with Gasteiger partial charge < -0.3 is 9.47 Å². The van der Waals surface area contributed by atoms with Gasteiger partial charge in [-0.3, -0.25) is 14.5 Å². The van der Waals surface area contributed by atoms with Crippen LogP contribution in [0.1, 0.15) is 29.2 Å². The molecule has 35 heavy (non-hydrogen) atoms. The minimum absolute atomic E-state index is 0.00769. The summed E-state index contributed by atoms with van der Waals surface area (Å²) in [6, 6.07) is 23.8. The van der Waals surface area contributed by atoms with E-state index in [9.17, 15) is 14.4 Å². The number of Topliss-reactive ketones (excluding diaryl/α,β-unsaturated/α-hetero) is 1. The molecule has 0 unspecified atom stereocenters. The van der Waals surface area contributed by atoms with Gasteiger partial charge in [0.2, 0.25) is 0 Å². The molecule has 0 spiro atoms. The number of fused-ring (bicyclic) bond motifs is 1. The first-order valence-electron chi connectivity index (χ1n) is 11.1. The SMILES string of the molecule is COC(=O)[C@]12C[C@H](c3ccccc3)OC(c3ccc(C)cc3)=C1C(=O)C(=O)N2c1ccc(Br)cc1. The molecule has 0 bridgehead atoms. The van der Waals surface area contributed by atoms with Crippen molar-refractivity contribution in [3.05, 3.63) is 106 Å². The summed E-state index contributed by atoms with van der Waals surface area (Å²) in [6.45, 7) is 1.95. The average molecular weight is 532 g/mol. The van der Waals surface area contributed by atoms with E-state index in [2.05, 4.69) is 15.9 Å². The van der Waals surface area contributed by atoms with E-state index < -0.39 is 29.3 Å². The molecule has 2 aliphatic heterocycles. The molecule has 2 atom stereocenters. The molecule has 0 radical (unpaired) electrons. The number of halogens is 1. The van der Waals surface area contributed by atoms with Crippen molar-refractivity contribution >= 4 is 45.0 Å². The van der Waals surface area contributed by atoms with Gasteiger partial charge in [-0.2, -0.15) is 0 Å². The summed E-state index contributed by atoms with van der Waals surface area (Å²) in [6.07, 6.45) is -0.575. The van der Waals surface area contributed by atoms with Crippen molar-refractivity contribution in [2.75, 3.05) is 12.0 Å². The summed E-state index contributed by atoms with van der Waals surface area (Å²) in [5, 5.41) is 0. The molecule has 2 aliphatic rings. The lowest BCUT2D eigenvalue weighted by Gasteiger charge is -2.42. The number of hydrogen-bond acceptors (Lipinski definition) is 5. The van der Waals surface area contributed by atoms with Crippen molar-refractivity contribution in [2.24, 2.45) is 0 Å². The van der Waals surface area contributed by atoms with Crippen LogP contribution in [-0.2, 0) is 23.9 Å². The molecule has 1 saturated heterocycles. The Kier molecular flexibility index (Phi) is 5.81. The van der Waals surface area contributed by atoms with Crippen molar-refractivity contribution < 1.29 is 23.9 Å². The van der Waals surface area contributed by atoms with E-state index in [-0.39, 0.29) is 17.8 Å². The van der Waals surface area contributed by atoms with Gasteiger partial charge in [-0.1, -0.05) is 76.1 Å². The Labute approximate surface area is 211 Å². The smallest absolute Gasteiger partial charge is 0.337 e. The lowest BCUT2D eigenvalue weighted by atomic mass is 9.78. The van der Waals surface area contributed by atoms with Gasteiger partial charge in [0.1, 0.15) is 11.9 Å². The zero-order chi connectivity index (χ0) is 24.7. The highest BCUT2D eigenvalue weighted by molar-refractivity contribution is 9.10. The summed E-state index contributed by atoms with van der Waals surface area (Å²) < 4.78 is 12.5. The molecule has 0 N–H and O–H groups in total. The van der Waals surface area contributed by atoms with Crippen LogP contribution in [0.25, 0.3) is 5.76 Å². The second kappa shape index (κ2) is 8.82. The van der Waals surface area contributed by atoms with Gasteiger partial charge in [0.15, 0.2) is 5.54 Å². The number of methoxy groups -OCH3 is 1. The molecule has 6 nitrogen and oxygen atoms in total. The Bertz CT molecular complexity index is 1350. The van der Waals surface area contributed by atoms with Gasteiger partial charge in [0.25, 0.3) is 5.78 Å². The van der Waals surface area contributed by atoms with Crippen LogP contribution in [0.15, 0.2) is 88.9 Å². The lowest BCUT2D eigenvalue weighted by Crippen LogP contribution is -2.56. The van der Waals surface area contributed by atoms with Gasteiger partial charge in [0.05, 0.1) is 12.7 Å².